The van der Waals surface area contributed by atoms with Crippen molar-refractivity contribution >= 4 is 5.91 Å². The van der Waals surface area contributed by atoms with Crippen LogP contribution in [0.3, 0.4) is 0 Å². The third kappa shape index (κ3) is 4.44. The van der Waals surface area contributed by atoms with E-state index in [9.17, 15) is 9.18 Å². The Hall–Kier alpha value is -3.03. The highest BCUT2D eigenvalue weighted by molar-refractivity contribution is 5.90. The minimum Gasteiger partial charge on any atom is -0.342 e. The van der Waals surface area contributed by atoms with Crippen LogP contribution >= 0.6 is 0 Å². The van der Waals surface area contributed by atoms with Crippen LogP contribution < -0.4 is 5.32 Å². The van der Waals surface area contributed by atoms with Crippen molar-refractivity contribution in [3.8, 4) is 5.69 Å². The van der Waals surface area contributed by atoms with Gasteiger partial charge in [0.1, 0.15) is 23.2 Å². The lowest BCUT2D eigenvalue weighted by Crippen LogP contribution is -2.26. The molecule has 0 fully saturated rings. The monoisotopic (exact) mass is 384 g/mol. The van der Waals surface area contributed by atoms with Crippen LogP contribution in [0.2, 0.25) is 0 Å². The van der Waals surface area contributed by atoms with Gasteiger partial charge in [-0.05, 0) is 24.5 Å². The number of para-hydroxylation sites is 1. The van der Waals surface area contributed by atoms with Crippen molar-refractivity contribution in [2.24, 2.45) is 5.92 Å². The van der Waals surface area contributed by atoms with Crippen LogP contribution in [0.5, 0.6) is 0 Å². The van der Waals surface area contributed by atoms with Crippen molar-refractivity contribution in [3.05, 3.63) is 59.9 Å². The van der Waals surface area contributed by atoms with Gasteiger partial charge < -0.3 is 9.88 Å². The zero-order valence-electron chi connectivity index (χ0n) is 16.4. The molecule has 0 aliphatic carbocycles. The molecule has 148 valence electrons. The van der Waals surface area contributed by atoms with Crippen molar-refractivity contribution in [3.63, 3.8) is 0 Å². The molecule has 8 heteroatoms. The molecular weight excluding hydrogens is 359 g/mol. The lowest BCUT2D eigenvalue weighted by Gasteiger charge is -2.10. The zero-order valence-corrected chi connectivity index (χ0v) is 16.4. The average Bonchev–Trinajstić information content (AvgIpc) is 3.27. The van der Waals surface area contributed by atoms with Gasteiger partial charge in [-0.25, -0.2) is 19.0 Å². The topological polar surface area (TPSA) is 77.6 Å². The standard InChI is InChI=1S/C20H25FN6O/c1-4-7-17-24-19(25-27(17)16-9-6-5-8-15(16)21)20(28)23-12-18-22-10-11-26(18)13-14(2)3/h5-6,8-11,14H,4,7,12-13H2,1-3H3,(H,23,28). The normalized spacial score (nSPS) is 11.2. The molecule has 0 radical (unpaired) electrons. The van der Waals surface area contributed by atoms with E-state index in [1.165, 1.54) is 10.7 Å². The van der Waals surface area contributed by atoms with Crippen molar-refractivity contribution in [2.45, 2.75) is 46.7 Å². The smallest absolute Gasteiger partial charge is 0.291 e. The fourth-order valence-corrected chi connectivity index (χ4v) is 2.95. The molecule has 0 saturated heterocycles. The molecule has 0 unspecified atom stereocenters. The van der Waals surface area contributed by atoms with Crippen LogP contribution in [0.4, 0.5) is 4.39 Å². The number of hydrogen-bond acceptors (Lipinski definition) is 4. The van der Waals surface area contributed by atoms with Gasteiger partial charge in [-0.2, -0.15) is 0 Å². The van der Waals surface area contributed by atoms with Gasteiger partial charge in [-0.1, -0.05) is 32.9 Å². The molecule has 28 heavy (non-hydrogen) atoms. The number of hydrogen-bond donors (Lipinski definition) is 1. The van der Waals surface area contributed by atoms with Crippen LogP contribution in [0.15, 0.2) is 36.7 Å². The number of carbonyl (C=O) groups is 1. The van der Waals surface area contributed by atoms with Gasteiger partial charge in [-0.3, -0.25) is 4.79 Å². The number of halogens is 1. The summed E-state index contributed by atoms with van der Waals surface area (Å²) >= 11 is 0. The first-order chi connectivity index (χ1) is 13.5. The summed E-state index contributed by atoms with van der Waals surface area (Å²) in [6, 6.07) is 6.32. The van der Waals surface area contributed by atoms with E-state index in [-0.39, 0.29) is 18.1 Å². The van der Waals surface area contributed by atoms with Crippen molar-refractivity contribution in [1.29, 1.82) is 0 Å². The molecular formula is C20H25FN6O. The van der Waals surface area contributed by atoms with Crippen LogP contribution in [0.1, 0.15) is 49.5 Å². The molecule has 1 aromatic carbocycles. The van der Waals surface area contributed by atoms with E-state index in [0.717, 1.165) is 18.8 Å². The van der Waals surface area contributed by atoms with E-state index in [4.69, 9.17) is 0 Å². The number of nitrogens with zero attached hydrogens (tertiary/aromatic N) is 5. The average molecular weight is 384 g/mol. The van der Waals surface area contributed by atoms with Gasteiger partial charge in [0.25, 0.3) is 5.91 Å². The van der Waals surface area contributed by atoms with Crippen molar-refractivity contribution in [2.75, 3.05) is 0 Å². The fraction of sp³-hybridized carbons (Fsp3) is 0.400. The van der Waals surface area contributed by atoms with Gasteiger partial charge in [-0.15, -0.1) is 5.10 Å². The molecule has 0 aliphatic heterocycles. The number of carbonyl (C=O) groups excluding carboxylic acids is 1. The summed E-state index contributed by atoms with van der Waals surface area (Å²) in [6.07, 6.45) is 5.01. The molecule has 0 saturated carbocycles. The minimum atomic E-state index is -0.411. The summed E-state index contributed by atoms with van der Waals surface area (Å²) in [5.74, 6) is 0.995. The van der Waals surface area contributed by atoms with Crippen LogP contribution in [-0.4, -0.2) is 30.2 Å². The Bertz CT molecular complexity index is 946. The highest BCUT2D eigenvalue weighted by Gasteiger charge is 2.19. The van der Waals surface area contributed by atoms with E-state index >= 15 is 0 Å². The first-order valence-electron chi connectivity index (χ1n) is 9.48. The van der Waals surface area contributed by atoms with E-state index in [2.05, 4.69) is 34.2 Å². The largest absolute Gasteiger partial charge is 0.342 e. The van der Waals surface area contributed by atoms with Crippen molar-refractivity contribution < 1.29 is 9.18 Å². The number of amides is 1. The third-order valence-corrected chi connectivity index (χ3v) is 4.20. The SMILES string of the molecule is CCCc1nc(C(=O)NCc2nccn2CC(C)C)nn1-c1ccccc1F. The molecule has 0 aliphatic rings. The van der Waals surface area contributed by atoms with E-state index in [1.807, 2.05) is 17.7 Å². The summed E-state index contributed by atoms with van der Waals surface area (Å²) in [6.45, 7) is 7.34. The number of rotatable bonds is 8. The fourth-order valence-electron chi connectivity index (χ4n) is 2.95. The lowest BCUT2D eigenvalue weighted by molar-refractivity contribution is 0.0939. The Morgan fingerprint density at radius 1 is 1.25 bits per heavy atom. The molecule has 2 heterocycles. The Labute approximate surface area is 163 Å². The second kappa shape index (κ2) is 8.77. The summed E-state index contributed by atoms with van der Waals surface area (Å²) in [5.41, 5.74) is 0.282. The Kier molecular flexibility index (Phi) is 6.18. The molecule has 1 N–H and O–H groups in total. The molecule has 3 rings (SSSR count). The predicted molar refractivity (Wildman–Crippen MR) is 104 cm³/mol. The summed E-state index contributed by atoms with van der Waals surface area (Å²) in [5, 5.41) is 7.07. The van der Waals surface area contributed by atoms with Crippen LogP contribution in [0.25, 0.3) is 5.69 Å². The summed E-state index contributed by atoms with van der Waals surface area (Å²) in [7, 11) is 0. The Balaban J connectivity index is 1.78. The van der Waals surface area contributed by atoms with E-state index in [0.29, 0.717) is 18.2 Å². The highest BCUT2D eigenvalue weighted by atomic mass is 19.1. The maximum absolute atomic E-state index is 14.2. The van der Waals surface area contributed by atoms with Gasteiger partial charge in [0.05, 0.1) is 6.54 Å². The Morgan fingerprint density at radius 2 is 2.04 bits per heavy atom. The van der Waals surface area contributed by atoms with Gasteiger partial charge in [0, 0.05) is 25.4 Å². The number of imidazole rings is 1. The van der Waals surface area contributed by atoms with E-state index in [1.54, 1.807) is 24.4 Å². The quantitative estimate of drug-likeness (QED) is 0.647. The van der Waals surface area contributed by atoms with E-state index < -0.39 is 11.7 Å². The number of aryl methyl sites for hydroxylation is 1. The second-order valence-electron chi connectivity index (χ2n) is 7.04. The highest BCUT2D eigenvalue weighted by Crippen LogP contribution is 2.15. The second-order valence-corrected chi connectivity index (χ2v) is 7.04. The van der Waals surface area contributed by atoms with Gasteiger partial charge in [0.2, 0.25) is 5.82 Å². The Morgan fingerprint density at radius 3 is 2.75 bits per heavy atom. The lowest BCUT2D eigenvalue weighted by atomic mass is 10.2. The van der Waals surface area contributed by atoms with Gasteiger partial charge in [0.15, 0.2) is 0 Å². The van der Waals surface area contributed by atoms with Crippen LogP contribution in [0, 0.1) is 11.7 Å². The maximum Gasteiger partial charge on any atom is 0.291 e. The molecule has 0 atom stereocenters. The zero-order chi connectivity index (χ0) is 20.1. The molecule has 3 aromatic rings. The van der Waals surface area contributed by atoms with Crippen LogP contribution in [-0.2, 0) is 19.5 Å². The maximum atomic E-state index is 14.2. The molecule has 0 bridgehead atoms. The molecule has 0 spiro atoms. The summed E-state index contributed by atoms with van der Waals surface area (Å²) in [4.78, 5) is 21.2. The first kappa shape index (κ1) is 19.7. The molecule has 2 aromatic heterocycles. The minimum absolute atomic E-state index is 0.0219. The third-order valence-electron chi connectivity index (χ3n) is 4.20. The first-order valence-corrected chi connectivity index (χ1v) is 9.48. The number of aromatic nitrogens is 5. The predicted octanol–water partition coefficient (Wildman–Crippen LogP) is 3.14. The molecule has 1 amide bonds. The summed E-state index contributed by atoms with van der Waals surface area (Å²) < 4.78 is 17.6. The number of nitrogens with one attached hydrogen (secondary N) is 1. The molecule has 7 nitrogen and oxygen atoms in total. The van der Waals surface area contributed by atoms with Crippen molar-refractivity contribution in [1.82, 2.24) is 29.6 Å². The number of benzene rings is 1. The van der Waals surface area contributed by atoms with Gasteiger partial charge >= 0.3 is 0 Å².